The summed E-state index contributed by atoms with van der Waals surface area (Å²) < 4.78 is 0. The molecular formula is C18H27NO. The van der Waals surface area contributed by atoms with E-state index in [4.69, 9.17) is 0 Å². The molecule has 2 heteroatoms. The monoisotopic (exact) mass is 273 g/mol. The molecule has 2 unspecified atom stereocenters. The molecule has 2 atom stereocenters. The zero-order chi connectivity index (χ0) is 14.1. The molecule has 0 aromatic carbocycles. The molecule has 20 heavy (non-hydrogen) atoms. The number of fused-ring (bicyclic) bond motifs is 1. The molecule has 3 rings (SSSR count). The van der Waals surface area contributed by atoms with Crippen molar-refractivity contribution >= 4 is 0 Å². The lowest BCUT2D eigenvalue weighted by Gasteiger charge is -2.35. The van der Waals surface area contributed by atoms with E-state index in [1.807, 2.05) is 12.3 Å². The number of hydrogen-bond acceptors (Lipinski definition) is 2. The molecule has 1 fully saturated rings. The van der Waals surface area contributed by atoms with Crippen molar-refractivity contribution in [1.82, 2.24) is 4.98 Å². The largest absolute Gasteiger partial charge is 0.392 e. The molecule has 2 aliphatic rings. The first-order chi connectivity index (χ1) is 9.66. The normalized spacial score (nSPS) is 31.3. The maximum atomic E-state index is 10.8. The fourth-order valence-electron chi connectivity index (χ4n) is 4.26. The predicted octanol–water partition coefficient (Wildman–Crippen LogP) is 3.93. The first-order valence-corrected chi connectivity index (χ1v) is 8.28. The van der Waals surface area contributed by atoms with E-state index in [0.29, 0.717) is 5.92 Å². The molecule has 110 valence electrons. The molecule has 0 spiro atoms. The number of aliphatic hydroxyl groups excluding tert-OH is 1. The number of rotatable bonds is 3. The van der Waals surface area contributed by atoms with Gasteiger partial charge in [0.2, 0.25) is 0 Å². The third-order valence-electron chi connectivity index (χ3n) is 5.66. The van der Waals surface area contributed by atoms with Gasteiger partial charge in [-0.2, -0.15) is 0 Å². The summed E-state index contributed by atoms with van der Waals surface area (Å²) in [6, 6.07) is 4.19. The van der Waals surface area contributed by atoms with Crippen molar-refractivity contribution in [2.75, 3.05) is 0 Å². The van der Waals surface area contributed by atoms with Gasteiger partial charge in [0, 0.05) is 17.8 Å². The lowest BCUT2D eigenvalue weighted by Crippen LogP contribution is -2.31. The van der Waals surface area contributed by atoms with Crippen LogP contribution in [0.25, 0.3) is 0 Å². The molecular weight excluding hydrogens is 246 g/mol. The minimum Gasteiger partial charge on any atom is -0.392 e. The minimum atomic E-state index is -0.181. The van der Waals surface area contributed by atoms with Gasteiger partial charge in [-0.15, -0.1) is 0 Å². The maximum Gasteiger partial charge on any atom is 0.0652 e. The van der Waals surface area contributed by atoms with E-state index >= 15 is 0 Å². The van der Waals surface area contributed by atoms with Crippen molar-refractivity contribution in [1.29, 1.82) is 0 Å². The molecule has 1 aromatic heterocycles. The molecule has 0 aliphatic heterocycles. The van der Waals surface area contributed by atoms with Gasteiger partial charge in [-0.3, -0.25) is 4.98 Å². The summed E-state index contributed by atoms with van der Waals surface area (Å²) in [4.78, 5) is 4.54. The van der Waals surface area contributed by atoms with E-state index in [1.165, 1.54) is 36.9 Å². The number of aliphatic hydroxyl groups is 1. The Kier molecular flexibility index (Phi) is 4.11. The van der Waals surface area contributed by atoms with E-state index in [-0.39, 0.29) is 12.0 Å². The first-order valence-electron chi connectivity index (χ1n) is 8.28. The van der Waals surface area contributed by atoms with Gasteiger partial charge >= 0.3 is 0 Å². The average Bonchev–Trinajstić information content (AvgIpc) is 2.90. The fourth-order valence-corrected chi connectivity index (χ4v) is 4.26. The Morgan fingerprint density at radius 2 is 1.80 bits per heavy atom. The van der Waals surface area contributed by atoms with E-state index in [0.717, 1.165) is 24.7 Å². The number of aryl methyl sites for hydroxylation is 1. The van der Waals surface area contributed by atoms with Crippen LogP contribution in [0.3, 0.4) is 0 Å². The van der Waals surface area contributed by atoms with Crippen LogP contribution in [0, 0.1) is 17.8 Å². The molecule has 1 N–H and O–H groups in total. The van der Waals surface area contributed by atoms with Crippen LogP contribution in [0.4, 0.5) is 0 Å². The van der Waals surface area contributed by atoms with Gasteiger partial charge in [0.1, 0.15) is 0 Å². The molecule has 1 aromatic rings. The zero-order valence-electron chi connectivity index (χ0n) is 12.8. The Morgan fingerprint density at radius 3 is 2.50 bits per heavy atom. The zero-order valence-corrected chi connectivity index (χ0v) is 12.8. The fraction of sp³-hybridized carbons (Fsp3) is 0.722. The second kappa shape index (κ2) is 5.85. The van der Waals surface area contributed by atoms with Crippen LogP contribution in [-0.4, -0.2) is 16.2 Å². The van der Waals surface area contributed by atoms with Crippen molar-refractivity contribution in [3.8, 4) is 0 Å². The van der Waals surface area contributed by atoms with Gasteiger partial charge in [-0.1, -0.05) is 19.9 Å². The second-order valence-electron chi connectivity index (χ2n) is 7.10. The number of nitrogens with zero attached hydrogens (tertiary/aromatic N) is 1. The van der Waals surface area contributed by atoms with Crippen LogP contribution < -0.4 is 0 Å². The van der Waals surface area contributed by atoms with Gasteiger partial charge in [0.25, 0.3) is 0 Å². The summed E-state index contributed by atoms with van der Waals surface area (Å²) in [6.07, 6.45) is 8.84. The van der Waals surface area contributed by atoms with Crippen molar-refractivity contribution in [2.24, 2.45) is 17.8 Å². The topological polar surface area (TPSA) is 33.1 Å². The van der Waals surface area contributed by atoms with Crippen molar-refractivity contribution in [3.05, 3.63) is 29.6 Å². The average molecular weight is 273 g/mol. The van der Waals surface area contributed by atoms with E-state index in [9.17, 15) is 5.11 Å². The second-order valence-corrected chi connectivity index (χ2v) is 7.10. The third-order valence-corrected chi connectivity index (χ3v) is 5.66. The highest BCUT2D eigenvalue weighted by Crippen LogP contribution is 2.42. The maximum absolute atomic E-state index is 10.8. The summed E-state index contributed by atoms with van der Waals surface area (Å²) in [5.41, 5.74) is 2.53. The van der Waals surface area contributed by atoms with E-state index in [1.54, 1.807) is 0 Å². The molecule has 0 bridgehead atoms. The summed E-state index contributed by atoms with van der Waals surface area (Å²) in [7, 11) is 0. The van der Waals surface area contributed by atoms with Crippen LogP contribution in [0.2, 0.25) is 0 Å². The highest BCUT2D eigenvalue weighted by molar-refractivity contribution is 5.29. The van der Waals surface area contributed by atoms with Crippen LogP contribution in [-0.2, 0) is 6.42 Å². The molecule has 0 amide bonds. The summed E-state index contributed by atoms with van der Waals surface area (Å²) in [6.45, 7) is 4.66. The number of pyridine rings is 1. The Morgan fingerprint density at radius 1 is 1.10 bits per heavy atom. The highest BCUT2D eigenvalue weighted by atomic mass is 16.3. The van der Waals surface area contributed by atoms with Gasteiger partial charge in [0.05, 0.1) is 6.10 Å². The van der Waals surface area contributed by atoms with E-state index in [2.05, 4.69) is 24.9 Å². The van der Waals surface area contributed by atoms with Crippen LogP contribution in [0.1, 0.15) is 63.1 Å². The molecule has 0 saturated heterocycles. The number of aromatic nitrogens is 1. The standard InChI is InChI=1S/C18H27NO/c1-12(2)13-5-7-15(8-6-13)18(20)16-10-9-14-4-3-11-19-17(14)16/h3-4,11-13,15-16,18,20H,5-10H2,1-2H3. The van der Waals surface area contributed by atoms with Crippen molar-refractivity contribution in [3.63, 3.8) is 0 Å². The van der Waals surface area contributed by atoms with Crippen LogP contribution >= 0.6 is 0 Å². The number of hydrogen-bond donors (Lipinski definition) is 1. The van der Waals surface area contributed by atoms with Crippen molar-refractivity contribution < 1.29 is 5.11 Å². The van der Waals surface area contributed by atoms with Gasteiger partial charge < -0.3 is 5.11 Å². The van der Waals surface area contributed by atoms with Gasteiger partial charge in [-0.05, 0) is 67.9 Å². The minimum absolute atomic E-state index is 0.181. The van der Waals surface area contributed by atoms with Crippen molar-refractivity contribution in [2.45, 2.75) is 64.4 Å². The third kappa shape index (κ3) is 2.63. The summed E-state index contributed by atoms with van der Waals surface area (Å²) in [5.74, 6) is 2.43. The molecule has 0 radical (unpaired) electrons. The quantitative estimate of drug-likeness (QED) is 0.905. The Labute approximate surface area is 122 Å². The lowest BCUT2D eigenvalue weighted by molar-refractivity contribution is 0.0454. The Balaban J connectivity index is 1.65. The van der Waals surface area contributed by atoms with Crippen LogP contribution in [0.15, 0.2) is 18.3 Å². The van der Waals surface area contributed by atoms with Gasteiger partial charge in [0.15, 0.2) is 0 Å². The van der Waals surface area contributed by atoms with E-state index < -0.39 is 0 Å². The summed E-state index contributed by atoms with van der Waals surface area (Å²) in [5, 5.41) is 10.8. The summed E-state index contributed by atoms with van der Waals surface area (Å²) >= 11 is 0. The highest BCUT2D eigenvalue weighted by Gasteiger charge is 2.36. The molecule has 1 heterocycles. The smallest absolute Gasteiger partial charge is 0.0652 e. The first kappa shape index (κ1) is 14.1. The lowest BCUT2D eigenvalue weighted by atomic mass is 9.73. The molecule has 2 aliphatic carbocycles. The predicted molar refractivity (Wildman–Crippen MR) is 81.6 cm³/mol. The molecule has 2 nitrogen and oxygen atoms in total. The Bertz CT molecular complexity index is 448. The van der Waals surface area contributed by atoms with Gasteiger partial charge in [-0.25, -0.2) is 0 Å². The van der Waals surface area contributed by atoms with Crippen LogP contribution in [0.5, 0.6) is 0 Å². The Hall–Kier alpha value is -0.890. The SMILES string of the molecule is CC(C)C1CCC(C(O)C2CCc3cccnc32)CC1. The molecule has 1 saturated carbocycles.